The van der Waals surface area contributed by atoms with Crippen molar-refractivity contribution in [2.75, 3.05) is 128 Å². The van der Waals surface area contributed by atoms with Crippen molar-refractivity contribution in [1.29, 1.82) is 0 Å². The first kappa shape index (κ1) is 96.8. The number of aliphatic imine (C=N–C) groups is 2. The minimum Gasteiger partial charge on any atom is -0.497 e. The van der Waals surface area contributed by atoms with Gasteiger partial charge in [-0.25, -0.2) is 9.98 Å². The molecule has 0 heterocycles. The fraction of sp³-hybridized carbons (Fsp3) is 0.0877. The van der Waals surface area contributed by atoms with Gasteiger partial charge in [0.15, 0.2) is 0 Å². The number of benzene rings is 17. The number of halogens is 3. The van der Waals surface area contributed by atoms with Crippen molar-refractivity contribution >= 4 is 173 Å². The van der Waals surface area contributed by atoms with Crippen molar-refractivity contribution in [3.8, 4) is 17.2 Å². The van der Waals surface area contributed by atoms with E-state index in [1.807, 2.05) is 196 Å². The maximum Gasteiger partial charge on any atom is 0.119 e. The molecule has 670 valence electrons. The average Bonchev–Trinajstić information content (AvgIpc) is 0.844. The third kappa shape index (κ3) is 28.4. The number of nitrogens with zero attached hydrogens (tertiary/aromatic N) is 9. The Bertz CT molecular complexity index is 6160. The number of hydrogen-bond acceptors (Lipinski definition) is 16. The van der Waals surface area contributed by atoms with Gasteiger partial charge in [-0.2, -0.15) is 0 Å². The summed E-state index contributed by atoms with van der Waals surface area (Å²) in [6.45, 7) is 0. The number of methoxy groups -OCH3 is 3. The van der Waals surface area contributed by atoms with Crippen LogP contribution in [0.25, 0.3) is 0 Å². The minimum atomic E-state index is 0.749. The molecule has 17 aromatic carbocycles. The Balaban J connectivity index is 0.000000147. The monoisotopic (exact) mass is 1950 g/mol. The Morgan fingerprint density at radius 1 is 0.188 bits per heavy atom. The van der Waals surface area contributed by atoms with Crippen molar-refractivity contribution in [2.24, 2.45) is 9.98 Å². The first-order valence-electron chi connectivity index (χ1n) is 43.0. The lowest BCUT2D eigenvalue weighted by molar-refractivity contribution is 0.414. The molecule has 0 atom stereocenters. The van der Waals surface area contributed by atoms with E-state index < -0.39 is 0 Å². The van der Waals surface area contributed by atoms with Gasteiger partial charge in [0.05, 0.1) is 44.1 Å². The van der Waals surface area contributed by atoms with Crippen LogP contribution in [0, 0.1) is 0 Å². The quantitative estimate of drug-likeness (QED) is 0.0351. The maximum atomic E-state index is 5.75. The molecule has 0 bridgehead atoms. The van der Waals surface area contributed by atoms with E-state index in [0.29, 0.717) is 0 Å². The molecule has 17 aromatic rings. The second-order valence-electron chi connectivity index (χ2n) is 30.7. The van der Waals surface area contributed by atoms with E-state index in [9.17, 15) is 0 Å². The summed E-state index contributed by atoms with van der Waals surface area (Å²) >= 11 is 10.4. The standard InChI is InChI=1S/C26H21BrN2.C22H24N2O2.C21H21BrN2O.C20H22N4.C19H14BrN.C6H8N2/c1-29(24-16-12-22(27)13-17-24)25-18-14-23(15-19-25)28-26(20-8-4-2-5-9-20)21-10-6-3-7-11-21;1-23(19-9-13-21(25-3)14-10-19)17-5-7-18(8-6-17)24(2)20-11-15-22(26-4)16-12-20;1-23(17-6-4-16(22)5-7-17)18-8-10-19(11-9-18)24(2)20-12-14-21(25-3)15-13-20;1-23(17-7-3-15(21)4-8-17)19-11-13-20(14-12-19)24(2)18-9-5-16(22)6-10-18;20-17-11-13-18(14-12-17)21-19(15-7-3-1-4-8-15)16-9-5-2-6-10-16;7-5-1-2-6(8)4-3-5/h2-19H,1H3;5-16H,1-4H3;4-15H,1-3H3;3-14H,21-22H2,1-2H3;1-14H;1-4H,7-8H2. The summed E-state index contributed by atoms with van der Waals surface area (Å²) in [7, 11) is 19.5. The van der Waals surface area contributed by atoms with Crippen molar-refractivity contribution < 1.29 is 14.2 Å². The molecule has 0 aliphatic heterocycles. The largest absolute Gasteiger partial charge is 0.497 e. The molecular formula is C114H110Br3N13O3. The second-order valence-corrected chi connectivity index (χ2v) is 33.5. The topological polar surface area (TPSA) is 179 Å². The Morgan fingerprint density at radius 3 is 0.504 bits per heavy atom. The molecule has 0 fully saturated rings. The van der Waals surface area contributed by atoms with E-state index in [1.165, 1.54) is 0 Å². The third-order valence-corrected chi connectivity index (χ3v) is 23.5. The Hall–Kier alpha value is -15.3. The van der Waals surface area contributed by atoms with Gasteiger partial charge in [0, 0.05) is 187 Å². The smallest absolute Gasteiger partial charge is 0.119 e. The van der Waals surface area contributed by atoms with Gasteiger partial charge in [-0.15, -0.1) is 0 Å². The Morgan fingerprint density at radius 2 is 0.323 bits per heavy atom. The van der Waals surface area contributed by atoms with Crippen molar-refractivity contribution in [2.45, 2.75) is 0 Å². The van der Waals surface area contributed by atoms with Crippen molar-refractivity contribution in [1.82, 2.24) is 0 Å². The first-order valence-corrected chi connectivity index (χ1v) is 45.4. The molecule has 0 spiro atoms. The van der Waals surface area contributed by atoms with Gasteiger partial charge in [0.25, 0.3) is 0 Å². The maximum absolute atomic E-state index is 5.75. The minimum absolute atomic E-state index is 0.749. The van der Waals surface area contributed by atoms with Crippen LogP contribution in [0.15, 0.2) is 460 Å². The van der Waals surface area contributed by atoms with Crippen LogP contribution in [0.5, 0.6) is 17.2 Å². The highest BCUT2D eigenvalue weighted by molar-refractivity contribution is 9.11. The predicted octanol–water partition coefficient (Wildman–Crippen LogP) is 29.5. The molecule has 0 radical (unpaired) electrons. The molecule has 16 nitrogen and oxygen atoms in total. The molecular weight excluding hydrogens is 1840 g/mol. The number of nitrogens with two attached hydrogens (primary N) is 4. The molecule has 0 aromatic heterocycles. The van der Waals surface area contributed by atoms with Crippen LogP contribution in [0.2, 0.25) is 0 Å². The highest BCUT2D eigenvalue weighted by Gasteiger charge is 2.15. The fourth-order valence-electron chi connectivity index (χ4n) is 13.9. The van der Waals surface area contributed by atoms with Gasteiger partial charge in [0.2, 0.25) is 0 Å². The van der Waals surface area contributed by atoms with Crippen molar-refractivity contribution in [3.05, 3.63) is 472 Å². The predicted molar refractivity (Wildman–Crippen MR) is 577 cm³/mol. The number of ether oxygens (including phenoxy) is 3. The molecule has 0 saturated heterocycles. The molecule has 8 N–H and O–H groups in total. The zero-order valence-electron chi connectivity index (χ0n) is 76.3. The van der Waals surface area contributed by atoms with Gasteiger partial charge in [0.1, 0.15) is 17.2 Å². The molecule has 17 rings (SSSR count). The van der Waals surface area contributed by atoms with E-state index in [0.717, 1.165) is 178 Å². The lowest BCUT2D eigenvalue weighted by Crippen LogP contribution is -2.11. The fourth-order valence-corrected chi connectivity index (χ4v) is 14.7. The number of nitrogen functional groups attached to an aromatic ring is 4. The summed E-state index contributed by atoms with van der Waals surface area (Å²) in [5, 5.41) is 0. The third-order valence-electron chi connectivity index (χ3n) is 21.9. The lowest BCUT2D eigenvalue weighted by atomic mass is 10.0. The van der Waals surface area contributed by atoms with Gasteiger partial charge >= 0.3 is 0 Å². The molecule has 0 saturated carbocycles. The first-order chi connectivity index (χ1) is 64.6. The zero-order valence-corrected chi connectivity index (χ0v) is 81.0. The van der Waals surface area contributed by atoms with Crippen LogP contribution in [0.3, 0.4) is 0 Å². The molecule has 0 aliphatic carbocycles. The number of rotatable bonds is 23. The summed E-state index contributed by atoms with van der Waals surface area (Å²) in [5.41, 5.74) is 49.3. The highest BCUT2D eigenvalue weighted by atomic mass is 79.9. The highest BCUT2D eigenvalue weighted by Crippen LogP contribution is 2.36. The Kier molecular flexibility index (Phi) is 35.6. The SMILES string of the molecule is Brc1ccc(N=C(c2ccccc2)c2ccccc2)cc1.CN(c1ccc(Br)cc1)c1ccc(N=C(c2ccccc2)c2ccccc2)cc1.CN(c1ccc(N)cc1)c1ccc(N(C)c2ccc(N)cc2)cc1.COc1ccc(N(C)c2ccc(N(C)c3ccc(Br)cc3)cc2)cc1.COc1ccc(N(C)c2ccc(N(C)c3ccc(OC)cc3)cc2)cc1.Nc1ccc(N)cc1. The normalized spacial score (nSPS) is 10.3. The van der Waals surface area contributed by atoms with E-state index >= 15 is 0 Å². The van der Waals surface area contributed by atoms with E-state index in [1.54, 1.807) is 45.6 Å². The van der Waals surface area contributed by atoms with E-state index in [4.69, 9.17) is 47.1 Å². The van der Waals surface area contributed by atoms with E-state index in [-0.39, 0.29) is 0 Å². The number of anilines is 18. The lowest BCUT2D eigenvalue weighted by Gasteiger charge is -2.23. The summed E-state index contributed by atoms with van der Waals surface area (Å²) in [5.74, 6) is 2.58. The van der Waals surface area contributed by atoms with Gasteiger partial charge in [-0.05, 0) is 315 Å². The van der Waals surface area contributed by atoms with E-state index in [2.05, 4.69) is 348 Å². The van der Waals surface area contributed by atoms with Crippen LogP contribution in [-0.2, 0) is 0 Å². The molecule has 19 heteroatoms. The second kappa shape index (κ2) is 48.9. The number of hydrogen-bond donors (Lipinski definition) is 4. The van der Waals surface area contributed by atoms with Crippen LogP contribution in [-0.4, -0.2) is 82.1 Å². The summed E-state index contributed by atoms with van der Waals surface area (Å²) in [6, 6.07) is 147. The van der Waals surface area contributed by atoms with Gasteiger partial charge < -0.3 is 71.4 Å². The van der Waals surface area contributed by atoms with Crippen LogP contribution in [0.1, 0.15) is 22.3 Å². The van der Waals surface area contributed by atoms with Crippen LogP contribution < -0.4 is 71.4 Å². The van der Waals surface area contributed by atoms with Crippen LogP contribution in [0.4, 0.5) is 114 Å². The Labute approximate surface area is 808 Å². The molecule has 0 amide bonds. The van der Waals surface area contributed by atoms with Gasteiger partial charge in [-0.3, -0.25) is 0 Å². The molecule has 0 unspecified atom stereocenters. The van der Waals surface area contributed by atoms with Crippen LogP contribution >= 0.6 is 47.8 Å². The zero-order chi connectivity index (χ0) is 94.0. The molecule has 133 heavy (non-hydrogen) atoms. The summed E-state index contributed by atoms with van der Waals surface area (Å²) < 4.78 is 18.9. The van der Waals surface area contributed by atoms with Crippen molar-refractivity contribution in [3.63, 3.8) is 0 Å². The molecule has 0 aliphatic rings. The summed E-state index contributed by atoms with van der Waals surface area (Å²) in [6.07, 6.45) is 0. The average molecular weight is 1950 g/mol. The summed E-state index contributed by atoms with van der Waals surface area (Å²) in [4.78, 5) is 24.9. The van der Waals surface area contributed by atoms with Gasteiger partial charge in [-0.1, -0.05) is 169 Å².